The predicted octanol–water partition coefficient (Wildman–Crippen LogP) is 2.83. The number of rotatable bonds is 5. The Morgan fingerprint density at radius 1 is 1.43 bits per heavy atom. The molecule has 0 saturated carbocycles. The molecule has 1 amide bonds. The van der Waals surface area contributed by atoms with Crippen molar-refractivity contribution in [2.24, 2.45) is 11.7 Å². The molecule has 0 fully saturated rings. The van der Waals surface area contributed by atoms with Gasteiger partial charge in [0.05, 0.1) is 6.04 Å². The molecule has 0 bridgehead atoms. The second-order valence-corrected chi connectivity index (χ2v) is 6.16. The lowest BCUT2D eigenvalue weighted by molar-refractivity contribution is -0.118. The number of benzene rings is 1. The van der Waals surface area contributed by atoms with E-state index in [9.17, 15) is 4.79 Å². The van der Waals surface area contributed by atoms with Crippen LogP contribution in [0.5, 0.6) is 0 Å². The van der Waals surface area contributed by atoms with E-state index in [1.54, 1.807) is 0 Å². The van der Waals surface area contributed by atoms with E-state index in [0.29, 0.717) is 5.13 Å². The summed E-state index contributed by atoms with van der Waals surface area (Å²) in [6, 6.07) is 7.49. The van der Waals surface area contributed by atoms with E-state index in [4.69, 9.17) is 5.73 Å². The molecule has 21 heavy (non-hydrogen) atoms. The molecule has 2 rings (SSSR count). The molecule has 0 radical (unpaired) electrons. The van der Waals surface area contributed by atoms with Crippen LogP contribution in [0.4, 0.5) is 5.13 Å². The van der Waals surface area contributed by atoms with E-state index >= 15 is 0 Å². The van der Waals surface area contributed by atoms with Crippen LogP contribution in [0.15, 0.2) is 24.3 Å². The van der Waals surface area contributed by atoms with Crippen LogP contribution in [0.1, 0.15) is 25.8 Å². The number of hydrogen-bond donors (Lipinski definition) is 2. The molecule has 0 aliphatic rings. The summed E-state index contributed by atoms with van der Waals surface area (Å²) in [5, 5.41) is 12.1. The van der Waals surface area contributed by atoms with Crippen LogP contribution >= 0.6 is 11.3 Å². The van der Waals surface area contributed by atoms with E-state index in [1.807, 2.05) is 45.0 Å². The molecular weight excluding hydrogens is 284 g/mol. The average molecular weight is 304 g/mol. The minimum Gasteiger partial charge on any atom is -0.320 e. The van der Waals surface area contributed by atoms with Gasteiger partial charge >= 0.3 is 0 Å². The standard InChI is InChI=1S/C15H20N4OS/c1-4-10(3)12(16)13(20)17-15-19-18-14(21-15)11-7-5-6-9(2)8-11/h5-8,10,12H,4,16H2,1-3H3,(H,17,19,20)/t10-,12-/m0/s1. The van der Waals surface area contributed by atoms with Gasteiger partial charge in [0.2, 0.25) is 11.0 Å². The second kappa shape index (κ2) is 6.78. The first-order chi connectivity index (χ1) is 10.0. The van der Waals surface area contributed by atoms with Gasteiger partial charge in [-0.3, -0.25) is 10.1 Å². The number of nitrogens with two attached hydrogens (primary N) is 1. The van der Waals surface area contributed by atoms with Crippen LogP contribution in [0.3, 0.4) is 0 Å². The molecule has 3 N–H and O–H groups in total. The molecule has 1 aromatic heterocycles. The van der Waals surface area contributed by atoms with Gasteiger partial charge < -0.3 is 5.73 Å². The molecule has 0 aliphatic heterocycles. The SMILES string of the molecule is CC[C@H](C)[C@H](N)C(=O)Nc1nnc(-c2cccc(C)c2)s1. The fourth-order valence-electron chi connectivity index (χ4n) is 1.87. The third-order valence-electron chi connectivity index (χ3n) is 3.48. The Morgan fingerprint density at radius 3 is 2.86 bits per heavy atom. The number of hydrogen-bond acceptors (Lipinski definition) is 5. The highest BCUT2D eigenvalue weighted by Gasteiger charge is 2.20. The molecule has 0 aliphatic carbocycles. The lowest BCUT2D eigenvalue weighted by Gasteiger charge is -2.16. The van der Waals surface area contributed by atoms with Crippen LogP contribution in [0.25, 0.3) is 10.6 Å². The summed E-state index contributed by atoms with van der Waals surface area (Å²) in [4.78, 5) is 12.0. The number of aromatic nitrogens is 2. The Hall–Kier alpha value is -1.79. The Bertz CT molecular complexity index is 626. The fraction of sp³-hybridized carbons (Fsp3) is 0.400. The van der Waals surface area contributed by atoms with E-state index in [1.165, 1.54) is 11.3 Å². The van der Waals surface area contributed by atoms with E-state index < -0.39 is 6.04 Å². The topological polar surface area (TPSA) is 80.9 Å². The number of aryl methyl sites for hydroxylation is 1. The van der Waals surface area contributed by atoms with Crippen LogP contribution in [0.2, 0.25) is 0 Å². The lowest BCUT2D eigenvalue weighted by Crippen LogP contribution is -2.40. The maximum Gasteiger partial charge on any atom is 0.243 e. The summed E-state index contributed by atoms with van der Waals surface area (Å²) in [7, 11) is 0. The number of amides is 1. The highest BCUT2D eigenvalue weighted by molar-refractivity contribution is 7.18. The summed E-state index contributed by atoms with van der Waals surface area (Å²) in [6.07, 6.45) is 0.860. The van der Waals surface area contributed by atoms with Gasteiger partial charge in [0.15, 0.2) is 0 Å². The van der Waals surface area contributed by atoms with Crippen molar-refractivity contribution in [3.05, 3.63) is 29.8 Å². The van der Waals surface area contributed by atoms with Gasteiger partial charge in [-0.25, -0.2) is 0 Å². The molecule has 1 heterocycles. The normalized spacial score (nSPS) is 13.7. The zero-order valence-corrected chi connectivity index (χ0v) is 13.3. The first-order valence-electron chi connectivity index (χ1n) is 6.98. The van der Waals surface area contributed by atoms with Crippen molar-refractivity contribution in [3.8, 4) is 10.6 Å². The number of anilines is 1. The zero-order chi connectivity index (χ0) is 15.4. The molecule has 0 unspecified atom stereocenters. The molecule has 2 atom stereocenters. The van der Waals surface area contributed by atoms with Gasteiger partial charge in [-0.2, -0.15) is 0 Å². The zero-order valence-electron chi connectivity index (χ0n) is 12.5. The molecular formula is C15H20N4OS. The van der Waals surface area contributed by atoms with E-state index in [2.05, 4.69) is 15.5 Å². The highest BCUT2D eigenvalue weighted by atomic mass is 32.1. The van der Waals surface area contributed by atoms with Crippen molar-refractivity contribution < 1.29 is 4.79 Å². The van der Waals surface area contributed by atoms with Gasteiger partial charge in [0.25, 0.3) is 0 Å². The third-order valence-corrected chi connectivity index (χ3v) is 4.37. The number of carbonyl (C=O) groups is 1. The fourth-order valence-corrected chi connectivity index (χ4v) is 2.61. The van der Waals surface area contributed by atoms with Crippen molar-refractivity contribution in [3.63, 3.8) is 0 Å². The van der Waals surface area contributed by atoms with Crippen molar-refractivity contribution in [1.82, 2.24) is 10.2 Å². The number of carbonyl (C=O) groups excluding carboxylic acids is 1. The van der Waals surface area contributed by atoms with E-state index in [-0.39, 0.29) is 11.8 Å². The second-order valence-electron chi connectivity index (χ2n) is 5.18. The maximum absolute atomic E-state index is 12.0. The largest absolute Gasteiger partial charge is 0.320 e. The quantitative estimate of drug-likeness (QED) is 0.890. The molecule has 5 nitrogen and oxygen atoms in total. The first-order valence-corrected chi connectivity index (χ1v) is 7.80. The van der Waals surface area contributed by atoms with Crippen molar-refractivity contribution in [1.29, 1.82) is 0 Å². The van der Waals surface area contributed by atoms with Gasteiger partial charge in [0, 0.05) is 5.56 Å². The smallest absolute Gasteiger partial charge is 0.243 e. The van der Waals surface area contributed by atoms with Gasteiger partial charge in [0.1, 0.15) is 5.01 Å². The van der Waals surface area contributed by atoms with E-state index in [0.717, 1.165) is 22.6 Å². The Balaban J connectivity index is 2.08. The summed E-state index contributed by atoms with van der Waals surface area (Å²) in [5.41, 5.74) is 8.06. The molecule has 6 heteroatoms. The highest BCUT2D eigenvalue weighted by Crippen LogP contribution is 2.27. The molecule has 0 spiro atoms. The Labute approximate surface area is 128 Å². The summed E-state index contributed by atoms with van der Waals surface area (Å²) >= 11 is 1.35. The minimum absolute atomic E-state index is 0.133. The number of nitrogens with one attached hydrogen (secondary N) is 1. The van der Waals surface area contributed by atoms with Crippen LogP contribution in [-0.4, -0.2) is 22.1 Å². The Morgan fingerprint density at radius 2 is 2.19 bits per heavy atom. The maximum atomic E-state index is 12.0. The first kappa shape index (κ1) is 15.6. The number of nitrogens with zero attached hydrogens (tertiary/aromatic N) is 2. The van der Waals surface area contributed by atoms with Crippen LogP contribution < -0.4 is 11.1 Å². The van der Waals surface area contributed by atoms with Crippen LogP contribution in [-0.2, 0) is 4.79 Å². The van der Waals surface area contributed by atoms with Crippen molar-refractivity contribution >= 4 is 22.4 Å². The van der Waals surface area contributed by atoms with Gasteiger partial charge in [-0.1, -0.05) is 55.4 Å². The minimum atomic E-state index is -0.527. The van der Waals surface area contributed by atoms with Crippen LogP contribution in [0, 0.1) is 12.8 Å². The lowest BCUT2D eigenvalue weighted by atomic mass is 10.00. The summed E-state index contributed by atoms with van der Waals surface area (Å²) in [5.74, 6) is -0.0783. The van der Waals surface area contributed by atoms with Gasteiger partial charge in [-0.05, 0) is 18.9 Å². The summed E-state index contributed by atoms with van der Waals surface area (Å²) < 4.78 is 0. The van der Waals surface area contributed by atoms with Crippen molar-refractivity contribution in [2.45, 2.75) is 33.2 Å². The molecule has 2 aromatic rings. The third kappa shape index (κ3) is 3.86. The van der Waals surface area contributed by atoms with Crippen molar-refractivity contribution in [2.75, 3.05) is 5.32 Å². The molecule has 0 saturated heterocycles. The monoisotopic (exact) mass is 304 g/mol. The Kier molecular flexibility index (Phi) is 5.03. The predicted molar refractivity (Wildman–Crippen MR) is 86.1 cm³/mol. The molecule has 1 aromatic carbocycles. The molecule has 112 valence electrons. The van der Waals surface area contributed by atoms with Gasteiger partial charge in [-0.15, -0.1) is 10.2 Å². The average Bonchev–Trinajstić information content (AvgIpc) is 2.94. The summed E-state index contributed by atoms with van der Waals surface area (Å²) in [6.45, 7) is 6.00.